The molecule has 1 aromatic carbocycles. The predicted molar refractivity (Wildman–Crippen MR) is 76.5 cm³/mol. The van der Waals surface area contributed by atoms with E-state index in [0.717, 1.165) is 18.5 Å². The predicted octanol–water partition coefficient (Wildman–Crippen LogP) is 1.95. The summed E-state index contributed by atoms with van der Waals surface area (Å²) in [6.07, 6.45) is 2.40. The molecule has 5 heteroatoms. The van der Waals surface area contributed by atoms with Crippen LogP contribution < -0.4 is 5.32 Å². The minimum Gasteiger partial charge on any atom is -0.480 e. The van der Waals surface area contributed by atoms with Crippen LogP contribution in [0.25, 0.3) is 0 Å². The van der Waals surface area contributed by atoms with Crippen LogP contribution in [0.4, 0.5) is 5.69 Å². The Morgan fingerprint density at radius 2 is 2.00 bits per heavy atom. The van der Waals surface area contributed by atoms with Gasteiger partial charge >= 0.3 is 5.97 Å². The van der Waals surface area contributed by atoms with Crippen molar-refractivity contribution in [3.05, 3.63) is 30.3 Å². The third kappa shape index (κ3) is 3.17. The molecule has 0 aliphatic carbocycles. The van der Waals surface area contributed by atoms with Gasteiger partial charge in [0.05, 0.1) is 6.54 Å². The van der Waals surface area contributed by atoms with Gasteiger partial charge in [-0.05, 0) is 44.9 Å². The van der Waals surface area contributed by atoms with Gasteiger partial charge in [-0.25, -0.2) is 0 Å². The maximum atomic E-state index is 12.0. The van der Waals surface area contributed by atoms with Gasteiger partial charge in [-0.3, -0.25) is 14.5 Å². The molecule has 1 aliphatic rings. The number of carbonyl (C=O) groups is 2. The molecule has 0 radical (unpaired) electrons. The number of amides is 1. The molecule has 1 saturated heterocycles. The summed E-state index contributed by atoms with van der Waals surface area (Å²) in [4.78, 5) is 25.3. The number of piperidine rings is 1. The lowest BCUT2D eigenvalue weighted by Gasteiger charge is -2.41. The van der Waals surface area contributed by atoms with E-state index in [-0.39, 0.29) is 12.5 Å². The van der Waals surface area contributed by atoms with E-state index in [9.17, 15) is 14.7 Å². The second-order valence-electron chi connectivity index (χ2n) is 5.37. The SMILES string of the molecule is CC1(C(=O)O)CCCCN1CC(=O)Nc1ccccc1. The van der Waals surface area contributed by atoms with Crippen LogP contribution in [0.5, 0.6) is 0 Å². The number of carboxylic acid groups (broad SMARTS) is 1. The van der Waals surface area contributed by atoms with Crippen molar-refractivity contribution in [3.63, 3.8) is 0 Å². The first kappa shape index (κ1) is 14.5. The Morgan fingerprint density at radius 3 is 2.65 bits per heavy atom. The van der Waals surface area contributed by atoms with Crippen molar-refractivity contribution in [3.8, 4) is 0 Å². The third-order valence-corrected chi connectivity index (χ3v) is 3.89. The topological polar surface area (TPSA) is 69.6 Å². The zero-order chi connectivity index (χ0) is 14.6. The highest BCUT2D eigenvalue weighted by Crippen LogP contribution is 2.27. The van der Waals surface area contributed by atoms with E-state index in [1.807, 2.05) is 30.3 Å². The summed E-state index contributed by atoms with van der Waals surface area (Å²) in [5.41, 5.74) is -0.210. The number of hydrogen-bond acceptors (Lipinski definition) is 3. The lowest BCUT2D eigenvalue weighted by atomic mass is 9.88. The van der Waals surface area contributed by atoms with E-state index in [2.05, 4.69) is 5.32 Å². The smallest absolute Gasteiger partial charge is 0.323 e. The molecule has 1 amide bonds. The maximum absolute atomic E-state index is 12.0. The highest BCUT2D eigenvalue weighted by molar-refractivity contribution is 5.92. The molecule has 0 saturated carbocycles. The fourth-order valence-electron chi connectivity index (χ4n) is 2.57. The zero-order valence-electron chi connectivity index (χ0n) is 11.6. The standard InChI is InChI=1S/C15H20N2O3/c1-15(14(19)20)9-5-6-10-17(15)11-13(18)16-12-7-3-2-4-8-12/h2-4,7-8H,5-6,9-11H2,1H3,(H,16,18)(H,19,20). The van der Waals surface area contributed by atoms with Gasteiger partial charge in [0.25, 0.3) is 0 Å². The summed E-state index contributed by atoms with van der Waals surface area (Å²) in [7, 11) is 0. The molecule has 1 aromatic rings. The largest absolute Gasteiger partial charge is 0.480 e. The van der Waals surface area contributed by atoms with Gasteiger partial charge < -0.3 is 10.4 Å². The minimum atomic E-state index is -0.938. The highest BCUT2D eigenvalue weighted by Gasteiger charge is 2.41. The third-order valence-electron chi connectivity index (χ3n) is 3.89. The number of anilines is 1. The van der Waals surface area contributed by atoms with Gasteiger partial charge in [0.2, 0.25) is 5.91 Å². The Balaban J connectivity index is 2.00. The number of carboxylic acids is 1. The quantitative estimate of drug-likeness (QED) is 0.882. The monoisotopic (exact) mass is 276 g/mol. The number of hydrogen-bond donors (Lipinski definition) is 2. The van der Waals surface area contributed by atoms with E-state index in [1.165, 1.54) is 0 Å². The van der Waals surface area contributed by atoms with Gasteiger partial charge in [0, 0.05) is 5.69 Å². The van der Waals surface area contributed by atoms with Crippen molar-refractivity contribution in [2.24, 2.45) is 0 Å². The molecule has 1 fully saturated rings. The van der Waals surface area contributed by atoms with Crippen molar-refractivity contribution in [2.45, 2.75) is 31.7 Å². The molecule has 0 bridgehead atoms. The van der Waals surface area contributed by atoms with Crippen molar-refractivity contribution in [1.29, 1.82) is 0 Å². The van der Waals surface area contributed by atoms with Crippen LogP contribution in [-0.2, 0) is 9.59 Å². The van der Waals surface area contributed by atoms with Gasteiger partial charge in [-0.2, -0.15) is 0 Å². The number of nitrogens with zero attached hydrogens (tertiary/aromatic N) is 1. The number of rotatable bonds is 4. The molecule has 0 spiro atoms. The molecular formula is C15H20N2O3. The number of aliphatic carboxylic acids is 1. The molecule has 2 rings (SSSR count). The summed E-state index contributed by atoms with van der Waals surface area (Å²) in [5, 5.41) is 12.2. The van der Waals surface area contributed by atoms with Crippen molar-refractivity contribution >= 4 is 17.6 Å². The molecule has 1 atom stereocenters. The molecule has 1 aliphatic heterocycles. The normalized spacial score (nSPS) is 23.2. The highest BCUT2D eigenvalue weighted by atomic mass is 16.4. The fraction of sp³-hybridized carbons (Fsp3) is 0.467. The summed E-state index contributed by atoms with van der Waals surface area (Å²) in [6, 6.07) is 9.19. The van der Waals surface area contributed by atoms with Crippen LogP contribution in [0.3, 0.4) is 0 Å². The molecule has 1 heterocycles. The first-order chi connectivity index (χ1) is 9.52. The molecular weight excluding hydrogens is 256 g/mol. The second-order valence-corrected chi connectivity index (χ2v) is 5.37. The van der Waals surface area contributed by atoms with Crippen molar-refractivity contribution in [1.82, 2.24) is 4.90 Å². The molecule has 5 nitrogen and oxygen atoms in total. The molecule has 20 heavy (non-hydrogen) atoms. The van der Waals surface area contributed by atoms with Crippen LogP contribution in [-0.4, -0.2) is 40.5 Å². The number of nitrogens with one attached hydrogen (secondary N) is 1. The minimum absolute atomic E-state index is 0.109. The zero-order valence-corrected chi connectivity index (χ0v) is 11.6. The van der Waals surface area contributed by atoms with E-state index < -0.39 is 11.5 Å². The van der Waals surface area contributed by atoms with Crippen LogP contribution >= 0.6 is 0 Å². The Hall–Kier alpha value is -1.88. The van der Waals surface area contributed by atoms with E-state index in [1.54, 1.807) is 11.8 Å². The molecule has 108 valence electrons. The summed E-state index contributed by atoms with van der Waals surface area (Å²) in [6.45, 7) is 2.45. The lowest BCUT2D eigenvalue weighted by molar-refractivity contribution is -0.153. The van der Waals surface area contributed by atoms with Crippen molar-refractivity contribution < 1.29 is 14.7 Å². The first-order valence-electron chi connectivity index (χ1n) is 6.86. The number of benzene rings is 1. The fourth-order valence-corrected chi connectivity index (χ4v) is 2.57. The van der Waals surface area contributed by atoms with Crippen LogP contribution in [0.2, 0.25) is 0 Å². The second kappa shape index (κ2) is 6.05. The van der Waals surface area contributed by atoms with Crippen LogP contribution in [0, 0.1) is 0 Å². The Kier molecular flexibility index (Phi) is 4.39. The Labute approximate surface area is 118 Å². The Morgan fingerprint density at radius 1 is 1.30 bits per heavy atom. The number of carbonyl (C=O) groups excluding carboxylic acids is 1. The molecule has 2 N–H and O–H groups in total. The van der Waals surface area contributed by atoms with Gasteiger partial charge in [-0.15, -0.1) is 0 Å². The average molecular weight is 276 g/mol. The van der Waals surface area contributed by atoms with E-state index >= 15 is 0 Å². The number of likely N-dealkylation sites (tertiary alicyclic amines) is 1. The maximum Gasteiger partial charge on any atom is 0.323 e. The molecule has 0 aromatic heterocycles. The summed E-state index contributed by atoms with van der Waals surface area (Å²) >= 11 is 0. The average Bonchev–Trinajstić information content (AvgIpc) is 2.42. The van der Waals surface area contributed by atoms with Gasteiger partial charge in [-0.1, -0.05) is 18.2 Å². The van der Waals surface area contributed by atoms with E-state index in [4.69, 9.17) is 0 Å². The molecule has 1 unspecified atom stereocenters. The summed E-state index contributed by atoms with van der Waals surface area (Å²) in [5.74, 6) is -1.03. The van der Waals surface area contributed by atoms with Gasteiger partial charge in [0.15, 0.2) is 0 Å². The van der Waals surface area contributed by atoms with E-state index in [0.29, 0.717) is 13.0 Å². The van der Waals surface area contributed by atoms with Gasteiger partial charge in [0.1, 0.15) is 5.54 Å². The number of para-hydroxylation sites is 1. The van der Waals surface area contributed by atoms with Crippen LogP contribution in [0.1, 0.15) is 26.2 Å². The first-order valence-corrected chi connectivity index (χ1v) is 6.86. The lowest BCUT2D eigenvalue weighted by Crippen LogP contribution is -2.57. The van der Waals surface area contributed by atoms with Crippen LogP contribution in [0.15, 0.2) is 30.3 Å². The Bertz CT molecular complexity index is 489. The van der Waals surface area contributed by atoms with Crippen molar-refractivity contribution in [2.75, 3.05) is 18.4 Å². The summed E-state index contributed by atoms with van der Waals surface area (Å²) < 4.78 is 0.